The number of anilines is 1. The third-order valence-electron chi connectivity index (χ3n) is 2.94. The molecule has 5 heteroatoms. The highest BCUT2D eigenvalue weighted by Gasteiger charge is 2.14. The Kier molecular flexibility index (Phi) is 4.62. The maximum atomic E-state index is 13.9. The summed E-state index contributed by atoms with van der Waals surface area (Å²) in [6.45, 7) is 5.67. The summed E-state index contributed by atoms with van der Waals surface area (Å²) < 4.78 is 19.5. The molecule has 112 valence electrons. The van der Waals surface area contributed by atoms with E-state index in [-0.39, 0.29) is 17.9 Å². The van der Waals surface area contributed by atoms with Gasteiger partial charge in [0.05, 0.1) is 17.8 Å². The summed E-state index contributed by atoms with van der Waals surface area (Å²) >= 11 is 0. The molecule has 0 saturated heterocycles. The van der Waals surface area contributed by atoms with E-state index >= 15 is 0 Å². The summed E-state index contributed by atoms with van der Waals surface area (Å²) in [4.78, 5) is 4.18. The zero-order valence-corrected chi connectivity index (χ0v) is 12.3. The topological polar surface area (TPSA) is 54.4 Å². The third-order valence-corrected chi connectivity index (χ3v) is 2.94. The third kappa shape index (κ3) is 3.84. The highest BCUT2D eigenvalue weighted by atomic mass is 19.1. The standard InChI is InChI=1S/C16H19FN2O2/c1-10(2)21-16-15(5-4-8-18-16)19-11(3)13-7-6-12(20)9-14(13)17/h4-11,19-20H,1-3H3. The summed E-state index contributed by atoms with van der Waals surface area (Å²) in [6, 6.07) is 7.45. The predicted octanol–water partition coefficient (Wildman–Crippen LogP) is 3.89. The summed E-state index contributed by atoms with van der Waals surface area (Å²) in [5.41, 5.74) is 1.17. The Morgan fingerprint density at radius 1 is 1.24 bits per heavy atom. The van der Waals surface area contributed by atoms with Crippen LogP contribution in [0, 0.1) is 5.82 Å². The Bertz CT molecular complexity index is 617. The summed E-state index contributed by atoms with van der Waals surface area (Å²) in [5, 5.41) is 12.4. The van der Waals surface area contributed by atoms with Crippen LogP contribution in [0.25, 0.3) is 0 Å². The van der Waals surface area contributed by atoms with Crippen LogP contribution in [0.2, 0.25) is 0 Å². The second-order valence-electron chi connectivity index (χ2n) is 5.09. The fourth-order valence-electron chi connectivity index (χ4n) is 2.00. The first kappa shape index (κ1) is 15.1. The maximum absolute atomic E-state index is 13.9. The van der Waals surface area contributed by atoms with Crippen LogP contribution in [0.4, 0.5) is 10.1 Å². The average Bonchev–Trinajstić information content (AvgIpc) is 2.40. The van der Waals surface area contributed by atoms with Crippen LogP contribution in [0.3, 0.4) is 0 Å². The van der Waals surface area contributed by atoms with E-state index in [1.165, 1.54) is 6.07 Å². The van der Waals surface area contributed by atoms with Crippen LogP contribution < -0.4 is 10.1 Å². The van der Waals surface area contributed by atoms with Crippen molar-refractivity contribution in [1.29, 1.82) is 0 Å². The lowest BCUT2D eigenvalue weighted by Crippen LogP contribution is -2.13. The zero-order chi connectivity index (χ0) is 15.4. The molecule has 1 aromatic carbocycles. The van der Waals surface area contributed by atoms with E-state index in [4.69, 9.17) is 4.74 Å². The number of phenols is 1. The van der Waals surface area contributed by atoms with E-state index in [1.807, 2.05) is 26.8 Å². The number of benzene rings is 1. The maximum Gasteiger partial charge on any atom is 0.237 e. The molecule has 0 bridgehead atoms. The number of halogens is 1. The predicted molar refractivity (Wildman–Crippen MR) is 80.1 cm³/mol. The number of hydrogen-bond donors (Lipinski definition) is 2. The minimum Gasteiger partial charge on any atom is -0.508 e. The van der Waals surface area contributed by atoms with Crippen LogP contribution in [0.5, 0.6) is 11.6 Å². The van der Waals surface area contributed by atoms with Crippen LogP contribution in [0.1, 0.15) is 32.4 Å². The van der Waals surface area contributed by atoms with E-state index in [0.717, 1.165) is 6.07 Å². The lowest BCUT2D eigenvalue weighted by Gasteiger charge is -2.19. The first-order valence-electron chi connectivity index (χ1n) is 6.84. The van der Waals surface area contributed by atoms with Crippen molar-refractivity contribution in [3.05, 3.63) is 47.9 Å². The molecule has 2 rings (SSSR count). The number of nitrogens with one attached hydrogen (secondary N) is 1. The van der Waals surface area contributed by atoms with E-state index in [2.05, 4.69) is 10.3 Å². The fraction of sp³-hybridized carbons (Fsp3) is 0.312. The number of ether oxygens (including phenoxy) is 1. The van der Waals surface area contributed by atoms with E-state index in [1.54, 1.807) is 18.3 Å². The van der Waals surface area contributed by atoms with Gasteiger partial charge in [-0.2, -0.15) is 0 Å². The van der Waals surface area contributed by atoms with Gasteiger partial charge in [0.25, 0.3) is 0 Å². The Labute approximate surface area is 123 Å². The van der Waals surface area contributed by atoms with Crippen molar-refractivity contribution >= 4 is 5.69 Å². The Hall–Kier alpha value is -2.30. The first-order chi connectivity index (χ1) is 9.97. The van der Waals surface area contributed by atoms with E-state index in [0.29, 0.717) is 17.1 Å². The van der Waals surface area contributed by atoms with Gasteiger partial charge < -0.3 is 15.2 Å². The number of pyridine rings is 1. The van der Waals surface area contributed by atoms with Crippen molar-refractivity contribution in [2.24, 2.45) is 0 Å². The average molecular weight is 290 g/mol. The summed E-state index contributed by atoms with van der Waals surface area (Å²) in [5.74, 6) is -0.0580. The van der Waals surface area contributed by atoms with Gasteiger partial charge in [-0.25, -0.2) is 9.37 Å². The number of hydrogen-bond acceptors (Lipinski definition) is 4. The summed E-state index contributed by atoms with van der Waals surface area (Å²) in [6.07, 6.45) is 1.65. The molecule has 0 saturated carbocycles. The molecule has 1 aromatic heterocycles. The largest absolute Gasteiger partial charge is 0.508 e. The molecule has 0 aliphatic carbocycles. The SMILES string of the molecule is CC(C)Oc1ncccc1NC(C)c1ccc(O)cc1F. The Morgan fingerprint density at radius 3 is 2.67 bits per heavy atom. The molecule has 0 spiro atoms. The lowest BCUT2D eigenvalue weighted by molar-refractivity contribution is 0.234. The van der Waals surface area contributed by atoms with E-state index < -0.39 is 5.82 Å². The second-order valence-corrected chi connectivity index (χ2v) is 5.09. The van der Waals surface area contributed by atoms with Gasteiger partial charge in [-0.15, -0.1) is 0 Å². The normalized spacial score (nSPS) is 12.2. The van der Waals surface area contributed by atoms with Crippen molar-refractivity contribution in [1.82, 2.24) is 4.98 Å². The number of rotatable bonds is 5. The highest BCUT2D eigenvalue weighted by Crippen LogP contribution is 2.28. The number of aromatic nitrogens is 1. The Morgan fingerprint density at radius 2 is 2.00 bits per heavy atom. The molecule has 0 radical (unpaired) electrons. The van der Waals surface area contributed by atoms with Crippen molar-refractivity contribution < 1.29 is 14.2 Å². The van der Waals surface area contributed by atoms with Gasteiger partial charge in [-0.05, 0) is 39.0 Å². The van der Waals surface area contributed by atoms with Gasteiger partial charge in [0.15, 0.2) is 0 Å². The van der Waals surface area contributed by atoms with Crippen LogP contribution >= 0.6 is 0 Å². The molecular formula is C16H19FN2O2. The molecule has 21 heavy (non-hydrogen) atoms. The lowest BCUT2D eigenvalue weighted by atomic mass is 10.1. The smallest absolute Gasteiger partial charge is 0.237 e. The quantitative estimate of drug-likeness (QED) is 0.877. The van der Waals surface area contributed by atoms with Gasteiger partial charge in [0.1, 0.15) is 11.6 Å². The molecule has 1 unspecified atom stereocenters. The monoisotopic (exact) mass is 290 g/mol. The fourth-order valence-corrected chi connectivity index (χ4v) is 2.00. The van der Waals surface area contributed by atoms with Gasteiger partial charge >= 0.3 is 0 Å². The molecular weight excluding hydrogens is 271 g/mol. The molecule has 1 heterocycles. The Balaban J connectivity index is 2.21. The van der Waals surface area contributed by atoms with Gasteiger partial charge in [0.2, 0.25) is 5.88 Å². The molecule has 1 atom stereocenters. The van der Waals surface area contributed by atoms with Crippen LogP contribution in [-0.2, 0) is 0 Å². The first-order valence-corrected chi connectivity index (χ1v) is 6.84. The molecule has 2 N–H and O–H groups in total. The minimum absolute atomic E-state index is 0.00108. The molecule has 0 aliphatic heterocycles. The van der Waals surface area contributed by atoms with Crippen molar-refractivity contribution in [3.8, 4) is 11.6 Å². The number of aromatic hydroxyl groups is 1. The molecule has 0 fully saturated rings. The molecule has 0 amide bonds. The van der Waals surface area contributed by atoms with Gasteiger partial charge in [-0.1, -0.05) is 6.07 Å². The van der Waals surface area contributed by atoms with Crippen LogP contribution in [0.15, 0.2) is 36.5 Å². The van der Waals surface area contributed by atoms with Crippen molar-refractivity contribution in [2.45, 2.75) is 32.9 Å². The number of phenolic OH excluding ortho intramolecular Hbond substituents is 1. The highest BCUT2D eigenvalue weighted by molar-refractivity contribution is 5.53. The van der Waals surface area contributed by atoms with Gasteiger partial charge in [0, 0.05) is 17.8 Å². The minimum atomic E-state index is -0.454. The van der Waals surface area contributed by atoms with Crippen molar-refractivity contribution in [3.63, 3.8) is 0 Å². The zero-order valence-electron chi connectivity index (χ0n) is 12.3. The number of nitrogens with zero attached hydrogens (tertiary/aromatic N) is 1. The molecule has 0 aliphatic rings. The molecule has 4 nitrogen and oxygen atoms in total. The molecule has 2 aromatic rings. The van der Waals surface area contributed by atoms with E-state index in [9.17, 15) is 9.50 Å². The van der Waals surface area contributed by atoms with Crippen molar-refractivity contribution in [2.75, 3.05) is 5.32 Å². The second kappa shape index (κ2) is 6.43. The summed E-state index contributed by atoms with van der Waals surface area (Å²) in [7, 11) is 0. The van der Waals surface area contributed by atoms with Gasteiger partial charge in [-0.3, -0.25) is 0 Å². The van der Waals surface area contributed by atoms with Crippen LogP contribution in [-0.4, -0.2) is 16.2 Å².